The van der Waals surface area contributed by atoms with E-state index in [1.807, 2.05) is 6.07 Å². The molecular weight excluding hydrogens is 399 g/mol. The fourth-order valence-electron chi connectivity index (χ4n) is 4.62. The maximum atomic E-state index is 14.2. The summed E-state index contributed by atoms with van der Waals surface area (Å²) in [5, 5.41) is 12.2. The molecule has 0 fully saturated rings. The summed E-state index contributed by atoms with van der Waals surface area (Å²) in [5.41, 5.74) is -0.793. The third kappa shape index (κ3) is 3.62. The van der Waals surface area contributed by atoms with Gasteiger partial charge in [0.25, 0.3) is 0 Å². The highest BCUT2D eigenvalue weighted by atomic mass is 35.5. The zero-order valence-electron chi connectivity index (χ0n) is 15.9. The van der Waals surface area contributed by atoms with Gasteiger partial charge in [-0.05, 0) is 65.6 Å². The van der Waals surface area contributed by atoms with Crippen LogP contribution >= 0.6 is 11.6 Å². The standard InChI is InChI=1S/C23H21ClF3NO/c1-21(10-8-15-12-17(24)6-7-19(15)21)14-22(29,23(25,26)27)13-16-9-11-28-20-5-3-2-4-18(16)20/h2-7,9,11-12,29H,8,10,13-14H2,1H3. The lowest BCUT2D eigenvalue weighted by atomic mass is 9.72. The number of aliphatic hydroxyl groups is 1. The zero-order valence-corrected chi connectivity index (χ0v) is 16.7. The first kappa shape index (κ1) is 20.2. The van der Waals surface area contributed by atoms with Crippen molar-refractivity contribution in [2.75, 3.05) is 0 Å². The summed E-state index contributed by atoms with van der Waals surface area (Å²) in [4.78, 5) is 4.21. The first-order valence-electron chi connectivity index (χ1n) is 9.52. The van der Waals surface area contributed by atoms with Gasteiger partial charge in [0.05, 0.1) is 5.52 Å². The van der Waals surface area contributed by atoms with Crippen LogP contribution in [0.15, 0.2) is 54.7 Å². The van der Waals surface area contributed by atoms with Gasteiger partial charge in [-0.1, -0.05) is 42.8 Å². The first-order valence-corrected chi connectivity index (χ1v) is 9.90. The molecule has 0 aliphatic heterocycles. The molecule has 2 nitrogen and oxygen atoms in total. The molecule has 0 spiro atoms. The molecule has 152 valence electrons. The average molecular weight is 420 g/mol. The van der Waals surface area contributed by atoms with Crippen molar-refractivity contribution in [3.8, 4) is 0 Å². The van der Waals surface area contributed by atoms with Gasteiger partial charge in [0.2, 0.25) is 0 Å². The molecule has 29 heavy (non-hydrogen) atoms. The normalized spacial score (nSPS) is 21.2. The van der Waals surface area contributed by atoms with Gasteiger partial charge in [0, 0.05) is 23.0 Å². The maximum absolute atomic E-state index is 14.2. The summed E-state index contributed by atoms with van der Waals surface area (Å²) in [6.45, 7) is 1.80. The Kier molecular flexibility index (Phi) is 4.87. The molecule has 2 atom stereocenters. The molecule has 0 saturated carbocycles. The predicted molar refractivity (Wildman–Crippen MR) is 108 cm³/mol. The summed E-state index contributed by atoms with van der Waals surface area (Å²) in [6, 6.07) is 13.9. The molecule has 1 aliphatic carbocycles. The number of nitrogens with zero attached hydrogens (tertiary/aromatic N) is 1. The number of para-hydroxylation sites is 1. The van der Waals surface area contributed by atoms with Gasteiger partial charge in [-0.2, -0.15) is 13.2 Å². The van der Waals surface area contributed by atoms with Crippen LogP contribution < -0.4 is 0 Å². The molecule has 1 aliphatic rings. The van der Waals surface area contributed by atoms with Crippen molar-refractivity contribution in [3.05, 3.63) is 76.4 Å². The second kappa shape index (κ2) is 6.99. The number of fused-ring (bicyclic) bond motifs is 2. The predicted octanol–water partition coefficient (Wildman–Crippen LogP) is 6.02. The van der Waals surface area contributed by atoms with Gasteiger partial charge < -0.3 is 5.11 Å². The van der Waals surface area contributed by atoms with Crippen LogP contribution in [-0.2, 0) is 18.3 Å². The van der Waals surface area contributed by atoms with Crippen LogP contribution in [0.3, 0.4) is 0 Å². The smallest absolute Gasteiger partial charge is 0.380 e. The lowest BCUT2D eigenvalue weighted by Crippen LogP contribution is -2.51. The van der Waals surface area contributed by atoms with Crippen molar-refractivity contribution in [3.63, 3.8) is 0 Å². The largest absolute Gasteiger partial charge is 0.417 e. The zero-order chi connectivity index (χ0) is 20.9. The average Bonchev–Trinajstić information content (AvgIpc) is 2.96. The number of pyridine rings is 1. The van der Waals surface area contributed by atoms with Crippen molar-refractivity contribution < 1.29 is 18.3 Å². The van der Waals surface area contributed by atoms with Crippen LogP contribution in [0.5, 0.6) is 0 Å². The number of aryl methyl sites for hydroxylation is 1. The Morgan fingerprint density at radius 3 is 2.66 bits per heavy atom. The van der Waals surface area contributed by atoms with E-state index in [9.17, 15) is 18.3 Å². The van der Waals surface area contributed by atoms with Gasteiger partial charge in [0.1, 0.15) is 0 Å². The minimum absolute atomic E-state index is 0.408. The number of aromatic nitrogens is 1. The van der Waals surface area contributed by atoms with Crippen LogP contribution in [0.2, 0.25) is 5.02 Å². The number of benzene rings is 2. The van der Waals surface area contributed by atoms with Crippen LogP contribution in [-0.4, -0.2) is 21.9 Å². The number of hydrogen-bond acceptors (Lipinski definition) is 2. The molecule has 1 N–H and O–H groups in total. The number of alkyl halides is 3. The lowest BCUT2D eigenvalue weighted by molar-refractivity contribution is -0.266. The van der Waals surface area contributed by atoms with Gasteiger partial charge in [-0.25, -0.2) is 0 Å². The molecule has 3 aromatic rings. The van der Waals surface area contributed by atoms with Crippen molar-refractivity contribution >= 4 is 22.5 Å². The van der Waals surface area contributed by atoms with Crippen molar-refractivity contribution in [2.45, 2.75) is 49.8 Å². The Morgan fingerprint density at radius 1 is 1.14 bits per heavy atom. The molecule has 2 unspecified atom stereocenters. The fraction of sp³-hybridized carbons (Fsp3) is 0.348. The number of rotatable bonds is 4. The molecule has 2 aromatic carbocycles. The number of hydrogen-bond donors (Lipinski definition) is 1. The van der Waals surface area contributed by atoms with E-state index in [0.29, 0.717) is 34.3 Å². The quantitative estimate of drug-likeness (QED) is 0.561. The van der Waals surface area contributed by atoms with Gasteiger partial charge in [-0.3, -0.25) is 4.98 Å². The molecular formula is C23H21ClF3NO. The fourth-order valence-corrected chi connectivity index (χ4v) is 4.81. The van der Waals surface area contributed by atoms with Crippen molar-refractivity contribution in [1.82, 2.24) is 4.98 Å². The van der Waals surface area contributed by atoms with Gasteiger partial charge in [0.15, 0.2) is 5.60 Å². The van der Waals surface area contributed by atoms with E-state index in [1.165, 1.54) is 6.20 Å². The molecule has 0 amide bonds. The molecule has 1 aromatic heterocycles. The van der Waals surface area contributed by atoms with E-state index >= 15 is 0 Å². The second-order valence-corrected chi connectivity index (χ2v) is 8.67. The van der Waals surface area contributed by atoms with Crippen molar-refractivity contribution in [2.24, 2.45) is 0 Å². The topological polar surface area (TPSA) is 33.1 Å². The molecule has 0 bridgehead atoms. The molecule has 1 heterocycles. The lowest BCUT2D eigenvalue weighted by Gasteiger charge is -2.38. The summed E-state index contributed by atoms with van der Waals surface area (Å²) in [5.74, 6) is 0. The minimum atomic E-state index is -4.77. The van der Waals surface area contributed by atoms with Crippen molar-refractivity contribution in [1.29, 1.82) is 0 Å². The Morgan fingerprint density at radius 2 is 1.90 bits per heavy atom. The summed E-state index contributed by atoms with van der Waals surface area (Å²) in [6.07, 6.45) is -3.01. The summed E-state index contributed by atoms with van der Waals surface area (Å²) in [7, 11) is 0. The summed E-state index contributed by atoms with van der Waals surface area (Å²) < 4.78 is 42.5. The highest BCUT2D eigenvalue weighted by molar-refractivity contribution is 6.30. The summed E-state index contributed by atoms with van der Waals surface area (Å²) >= 11 is 6.05. The van der Waals surface area contributed by atoms with E-state index in [-0.39, 0.29) is 0 Å². The van der Waals surface area contributed by atoms with Crippen LogP contribution in [0.4, 0.5) is 13.2 Å². The van der Waals surface area contributed by atoms with E-state index < -0.39 is 30.0 Å². The van der Waals surface area contributed by atoms with E-state index in [4.69, 9.17) is 11.6 Å². The van der Waals surface area contributed by atoms with Crippen LogP contribution in [0.25, 0.3) is 10.9 Å². The van der Waals surface area contributed by atoms with Crippen LogP contribution in [0, 0.1) is 0 Å². The van der Waals surface area contributed by atoms with E-state index in [2.05, 4.69) is 4.98 Å². The molecule has 0 radical (unpaired) electrons. The highest BCUT2D eigenvalue weighted by Gasteiger charge is 2.57. The maximum Gasteiger partial charge on any atom is 0.417 e. The minimum Gasteiger partial charge on any atom is -0.380 e. The Hall–Kier alpha value is -2.11. The first-order chi connectivity index (χ1) is 13.6. The second-order valence-electron chi connectivity index (χ2n) is 8.23. The Balaban J connectivity index is 1.74. The molecule has 0 saturated heterocycles. The Labute approximate surface area is 172 Å². The SMILES string of the molecule is CC1(CC(O)(Cc2ccnc3ccccc23)C(F)(F)F)CCc2cc(Cl)ccc21. The van der Waals surface area contributed by atoms with Gasteiger partial charge in [-0.15, -0.1) is 0 Å². The third-order valence-corrected chi connectivity index (χ3v) is 6.33. The van der Waals surface area contributed by atoms with Crippen LogP contribution in [0.1, 0.15) is 36.5 Å². The Bertz CT molecular complexity index is 1060. The highest BCUT2D eigenvalue weighted by Crippen LogP contribution is 2.49. The van der Waals surface area contributed by atoms with E-state index in [1.54, 1.807) is 49.4 Å². The monoisotopic (exact) mass is 419 g/mol. The molecule has 6 heteroatoms. The number of halogens is 4. The van der Waals surface area contributed by atoms with Gasteiger partial charge >= 0.3 is 6.18 Å². The third-order valence-electron chi connectivity index (χ3n) is 6.10. The van der Waals surface area contributed by atoms with E-state index in [0.717, 1.165) is 11.1 Å². The molecule has 4 rings (SSSR count).